The van der Waals surface area contributed by atoms with Crippen LogP contribution in [0.5, 0.6) is 0 Å². The van der Waals surface area contributed by atoms with Gasteiger partial charge in [0, 0.05) is 13.1 Å². The Morgan fingerprint density at radius 3 is 2.38 bits per heavy atom. The SMILES string of the molecule is O=C(O)c1cccc(CC2CCN(C(=O)OCc3ccccc3)CC2)c1. The van der Waals surface area contributed by atoms with Crippen LogP contribution in [0.15, 0.2) is 54.6 Å². The fraction of sp³-hybridized carbons (Fsp3) is 0.333. The Balaban J connectivity index is 1.46. The fourth-order valence-corrected chi connectivity index (χ4v) is 3.29. The largest absolute Gasteiger partial charge is 0.478 e. The van der Waals surface area contributed by atoms with Gasteiger partial charge >= 0.3 is 12.1 Å². The highest BCUT2D eigenvalue weighted by atomic mass is 16.6. The van der Waals surface area contributed by atoms with Crippen molar-refractivity contribution < 1.29 is 19.4 Å². The molecule has 0 bridgehead atoms. The number of carboxylic acids is 1. The smallest absolute Gasteiger partial charge is 0.410 e. The fourth-order valence-electron chi connectivity index (χ4n) is 3.29. The molecule has 0 radical (unpaired) electrons. The highest BCUT2D eigenvalue weighted by Crippen LogP contribution is 2.23. The molecule has 1 amide bonds. The summed E-state index contributed by atoms with van der Waals surface area (Å²) < 4.78 is 5.38. The van der Waals surface area contributed by atoms with Crippen molar-refractivity contribution in [3.05, 3.63) is 71.3 Å². The third-order valence-electron chi connectivity index (χ3n) is 4.78. The Morgan fingerprint density at radius 2 is 1.69 bits per heavy atom. The van der Waals surface area contributed by atoms with Gasteiger partial charge in [0.1, 0.15) is 6.61 Å². The summed E-state index contributed by atoms with van der Waals surface area (Å²) in [5.41, 5.74) is 2.34. The number of hydrogen-bond donors (Lipinski definition) is 1. The topological polar surface area (TPSA) is 66.8 Å². The van der Waals surface area contributed by atoms with Gasteiger partial charge < -0.3 is 14.7 Å². The van der Waals surface area contributed by atoms with E-state index in [0.717, 1.165) is 30.4 Å². The molecule has 3 rings (SSSR count). The maximum absolute atomic E-state index is 12.2. The van der Waals surface area contributed by atoms with Gasteiger partial charge in [-0.25, -0.2) is 9.59 Å². The Kier molecular flexibility index (Phi) is 5.89. The van der Waals surface area contributed by atoms with Crippen LogP contribution < -0.4 is 0 Å². The summed E-state index contributed by atoms with van der Waals surface area (Å²) >= 11 is 0. The number of carboxylic acid groups (broad SMARTS) is 1. The predicted octanol–water partition coefficient (Wildman–Crippen LogP) is 3.98. The third-order valence-corrected chi connectivity index (χ3v) is 4.78. The Morgan fingerprint density at radius 1 is 1.00 bits per heavy atom. The van der Waals surface area contributed by atoms with Crippen LogP contribution in [0.3, 0.4) is 0 Å². The van der Waals surface area contributed by atoms with Crippen LogP contribution in [-0.2, 0) is 17.8 Å². The van der Waals surface area contributed by atoms with Crippen molar-refractivity contribution in [3.8, 4) is 0 Å². The third kappa shape index (κ3) is 4.85. The molecule has 2 aromatic rings. The van der Waals surface area contributed by atoms with E-state index in [-0.39, 0.29) is 6.09 Å². The van der Waals surface area contributed by atoms with Crippen LogP contribution in [0.1, 0.15) is 34.3 Å². The molecule has 1 aliphatic rings. The molecule has 1 fully saturated rings. The first-order valence-electron chi connectivity index (χ1n) is 8.89. The van der Waals surface area contributed by atoms with Crippen molar-refractivity contribution in [2.75, 3.05) is 13.1 Å². The molecule has 0 aromatic heterocycles. The predicted molar refractivity (Wildman–Crippen MR) is 98.0 cm³/mol. The van der Waals surface area contributed by atoms with Crippen LogP contribution >= 0.6 is 0 Å². The van der Waals surface area contributed by atoms with Gasteiger partial charge in [-0.1, -0.05) is 42.5 Å². The van der Waals surface area contributed by atoms with Gasteiger partial charge in [-0.3, -0.25) is 0 Å². The normalized spacial score (nSPS) is 14.8. The molecule has 0 unspecified atom stereocenters. The number of carbonyl (C=O) groups excluding carboxylic acids is 1. The molecule has 26 heavy (non-hydrogen) atoms. The number of amides is 1. The minimum atomic E-state index is -0.900. The molecule has 1 heterocycles. The van der Waals surface area contributed by atoms with Gasteiger partial charge in [0.25, 0.3) is 0 Å². The average Bonchev–Trinajstić information content (AvgIpc) is 2.68. The van der Waals surface area contributed by atoms with Crippen LogP contribution in [0.25, 0.3) is 0 Å². The number of hydrogen-bond acceptors (Lipinski definition) is 3. The lowest BCUT2D eigenvalue weighted by atomic mass is 9.90. The number of rotatable bonds is 5. The summed E-state index contributed by atoms with van der Waals surface area (Å²) in [6.07, 6.45) is 2.38. The molecule has 2 aromatic carbocycles. The second-order valence-electron chi connectivity index (χ2n) is 6.68. The number of aromatic carboxylic acids is 1. The van der Waals surface area contributed by atoms with Gasteiger partial charge in [-0.2, -0.15) is 0 Å². The molecule has 1 N–H and O–H groups in total. The van der Waals surface area contributed by atoms with E-state index in [1.54, 1.807) is 23.1 Å². The van der Waals surface area contributed by atoms with E-state index < -0.39 is 5.97 Å². The molecule has 136 valence electrons. The highest BCUT2D eigenvalue weighted by molar-refractivity contribution is 5.87. The zero-order valence-electron chi connectivity index (χ0n) is 14.6. The summed E-state index contributed by atoms with van der Waals surface area (Å²) in [6.45, 7) is 1.65. The number of carbonyl (C=O) groups is 2. The van der Waals surface area contributed by atoms with Gasteiger partial charge in [0.15, 0.2) is 0 Å². The van der Waals surface area contributed by atoms with E-state index in [4.69, 9.17) is 9.84 Å². The first-order chi connectivity index (χ1) is 12.6. The highest BCUT2D eigenvalue weighted by Gasteiger charge is 2.24. The second kappa shape index (κ2) is 8.52. The molecule has 0 spiro atoms. The Hall–Kier alpha value is -2.82. The van der Waals surface area contributed by atoms with Gasteiger partial charge in [-0.15, -0.1) is 0 Å². The van der Waals surface area contributed by atoms with E-state index in [2.05, 4.69) is 0 Å². The van der Waals surface area contributed by atoms with Crippen molar-refractivity contribution in [1.82, 2.24) is 4.90 Å². The molecule has 0 saturated carbocycles. The average molecular weight is 353 g/mol. The van der Waals surface area contributed by atoms with Gasteiger partial charge in [0.05, 0.1) is 5.56 Å². The zero-order chi connectivity index (χ0) is 18.4. The van der Waals surface area contributed by atoms with E-state index in [0.29, 0.717) is 31.2 Å². The van der Waals surface area contributed by atoms with Crippen molar-refractivity contribution in [2.24, 2.45) is 5.92 Å². The van der Waals surface area contributed by atoms with Crippen LogP contribution in [0.2, 0.25) is 0 Å². The van der Waals surface area contributed by atoms with E-state index in [9.17, 15) is 9.59 Å². The van der Waals surface area contributed by atoms with Crippen molar-refractivity contribution in [3.63, 3.8) is 0 Å². The lowest BCUT2D eigenvalue weighted by Gasteiger charge is -2.31. The standard InChI is InChI=1S/C21H23NO4/c23-20(24)19-8-4-7-18(14-19)13-16-9-11-22(12-10-16)21(25)26-15-17-5-2-1-3-6-17/h1-8,14,16H,9-13,15H2,(H,23,24). The summed E-state index contributed by atoms with van der Waals surface area (Å²) in [5, 5.41) is 9.09. The number of nitrogens with zero attached hydrogens (tertiary/aromatic N) is 1. The summed E-state index contributed by atoms with van der Waals surface area (Å²) in [5.74, 6) is -0.444. The van der Waals surface area contributed by atoms with Crippen LogP contribution in [-0.4, -0.2) is 35.2 Å². The number of piperidine rings is 1. The van der Waals surface area contributed by atoms with Crippen LogP contribution in [0, 0.1) is 5.92 Å². The van der Waals surface area contributed by atoms with Gasteiger partial charge in [-0.05, 0) is 48.4 Å². The first-order valence-corrected chi connectivity index (χ1v) is 8.89. The number of likely N-dealkylation sites (tertiary alicyclic amines) is 1. The lowest BCUT2D eigenvalue weighted by molar-refractivity contribution is 0.0695. The maximum atomic E-state index is 12.2. The molecule has 5 nitrogen and oxygen atoms in total. The van der Waals surface area contributed by atoms with Gasteiger partial charge in [0.2, 0.25) is 0 Å². The molecule has 0 aliphatic carbocycles. The number of benzene rings is 2. The molecule has 0 atom stereocenters. The van der Waals surface area contributed by atoms with Crippen molar-refractivity contribution >= 4 is 12.1 Å². The molecule has 5 heteroatoms. The zero-order valence-corrected chi connectivity index (χ0v) is 14.6. The molecular weight excluding hydrogens is 330 g/mol. The van der Waals surface area contributed by atoms with E-state index >= 15 is 0 Å². The molecule has 1 aliphatic heterocycles. The molecule has 1 saturated heterocycles. The van der Waals surface area contributed by atoms with Crippen molar-refractivity contribution in [2.45, 2.75) is 25.9 Å². The summed E-state index contributed by atoms with van der Waals surface area (Å²) in [4.78, 5) is 25.0. The Bertz CT molecular complexity index is 752. The Labute approximate surface area is 153 Å². The minimum absolute atomic E-state index is 0.264. The second-order valence-corrected chi connectivity index (χ2v) is 6.68. The maximum Gasteiger partial charge on any atom is 0.410 e. The quantitative estimate of drug-likeness (QED) is 0.883. The molecular formula is C21H23NO4. The van der Waals surface area contributed by atoms with Crippen LogP contribution in [0.4, 0.5) is 4.79 Å². The number of ether oxygens (including phenoxy) is 1. The van der Waals surface area contributed by atoms with Crippen molar-refractivity contribution in [1.29, 1.82) is 0 Å². The van der Waals surface area contributed by atoms with E-state index in [1.807, 2.05) is 36.4 Å². The van der Waals surface area contributed by atoms with E-state index in [1.165, 1.54) is 0 Å². The first kappa shape index (κ1) is 18.0. The lowest BCUT2D eigenvalue weighted by Crippen LogP contribution is -2.39. The summed E-state index contributed by atoms with van der Waals surface area (Å²) in [6, 6.07) is 16.8. The monoisotopic (exact) mass is 353 g/mol. The minimum Gasteiger partial charge on any atom is -0.478 e. The summed E-state index contributed by atoms with van der Waals surface area (Å²) in [7, 11) is 0.